The van der Waals surface area contributed by atoms with Crippen molar-refractivity contribution in [2.75, 3.05) is 53.0 Å². The molecular weight excluding hydrogens is 526 g/mol. The van der Waals surface area contributed by atoms with E-state index in [9.17, 15) is 9.18 Å². The Hall–Kier alpha value is -2.14. The van der Waals surface area contributed by atoms with E-state index in [1.807, 2.05) is 6.07 Å². The zero-order valence-corrected chi connectivity index (χ0v) is 20.6. The quantitative estimate of drug-likeness (QED) is 0.356. The van der Waals surface area contributed by atoms with Gasteiger partial charge in [0.1, 0.15) is 5.82 Å². The fraction of sp³-hybridized carbons (Fsp3) is 0.478. The molecule has 4 rings (SSSR count). The van der Waals surface area contributed by atoms with Gasteiger partial charge >= 0.3 is 0 Å². The Morgan fingerprint density at radius 2 is 1.84 bits per heavy atom. The first-order chi connectivity index (χ1) is 15.1. The van der Waals surface area contributed by atoms with Crippen LogP contribution in [0.2, 0.25) is 0 Å². The average molecular weight is 556 g/mol. The highest BCUT2D eigenvalue weighted by atomic mass is 127. The van der Waals surface area contributed by atoms with Crippen LogP contribution in [-0.2, 0) is 10.2 Å². The molecule has 1 N–H and O–H groups in total. The van der Waals surface area contributed by atoms with Gasteiger partial charge in [0, 0.05) is 58.4 Å². The molecule has 1 aromatic heterocycles. The molecule has 0 atom stereocenters. The molecule has 0 aliphatic carbocycles. The number of hydrogen-bond acceptors (Lipinski definition) is 4. The van der Waals surface area contributed by atoms with Crippen LogP contribution in [0.5, 0.6) is 0 Å². The van der Waals surface area contributed by atoms with Crippen molar-refractivity contribution in [3.8, 4) is 0 Å². The Labute approximate surface area is 205 Å². The molecule has 1 aromatic carbocycles. The third-order valence-corrected chi connectivity index (χ3v) is 6.28. The Morgan fingerprint density at radius 3 is 2.47 bits per heavy atom. The predicted molar refractivity (Wildman–Crippen MR) is 131 cm³/mol. The maximum Gasteiger partial charge on any atom is 0.289 e. The smallest absolute Gasteiger partial charge is 0.289 e. The van der Waals surface area contributed by atoms with E-state index in [0.717, 1.165) is 24.4 Å². The molecule has 0 spiro atoms. The van der Waals surface area contributed by atoms with Crippen molar-refractivity contribution in [3.63, 3.8) is 0 Å². The number of nitrogens with one attached hydrogen (secondary N) is 1. The molecule has 2 aliphatic rings. The van der Waals surface area contributed by atoms with E-state index in [2.05, 4.69) is 15.2 Å². The number of piperazine rings is 1. The lowest BCUT2D eigenvalue weighted by Crippen LogP contribution is -2.55. The lowest BCUT2D eigenvalue weighted by atomic mass is 9.74. The number of nitrogens with zero attached hydrogens (tertiary/aromatic N) is 3. The van der Waals surface area contributed by atoms with Crippen molar-refractivity contribution in [2.24, 2.45) is 4.99 Å². The van der Waals surface area contributed by atoms with Gasteiger partial charge in [-0.25, -0.2) is 4.39 Å². The molecule has 174 valence electrons. The highest BCUT2D eigenvalue weighted by Crippen LogP contribution is 2.34. The summed E-state index contributed by atoms with van der Waals surface area (Å²) in [5, 5.41) is 3.52. The van der Waals surface area contributed by atoms with Crippen molar-refractivity contribution in [1.82, 2.24) is 15.1 Å². The largest absolute Gasteiger partial charge is 0.459 e. The number of guanidine groups is 1. The topological polar surface area (TPSA) is 70.3 Å². The summed E-state index contributed by atoms with van der Waals surface area (Å²) >= 11 is 0. The van der Waals surface area contributed by atoms with Crippen LogP contribution >= 0.6 is 24.0 Å². The van der Waals surface area contributed by atoms with Gasteiger partial charge in [0.05, 0.1) is 6.26 Å². The Bertz CT molecular complexity index is 908. The van der Waals surface area contributed by atoms with Crippen LogP contribution in [0.3, 0.4) is 0 Å². The van der Waals surface area contributed by atoms with Gasteiger partial charge in [0.2, 0.25) is 0 Å². The highest BCUT2D eigenvalue weighted by molar-refractivity contribution is 14.0. The monoisotopic (exact) mass is 556 g/mol. The van der Waals surface area contributed by atoms with Crippen LogP contribution in [0.1, 0.15) is 29.0 Å². The van der Waals surface area contributed by atoms with Crippen molar-refractivity contribution in [3.05, 3.63) is 59.8 Å². The maximum absolute atomic E-state index is 13.9. The van der Waals surface area contributed by atoms with E-state index in [0.29, 0.717) is 51.7 Å². The van der Waals surface area contributed by atoms with E-state index >= 15 is 0 Å². The van der Waals surface area contributed by atoms with Crippen LogP contribution in [0.15, 0.2) is 52.1 Å². The molecule has 7 nitrogen and oxygen atoms in total. The number of amides is 1. The van der Waals surface area contributed by atoms with Gasteiger partial charge in [0.25, 0.3) is 5.91 Å². The summed E-state index contributed by atoms with van der Waals surface area (Å²) in [6.45, 7) is 4.53. The van der Waals surface area contributed by atoms with Crippen LogP contribution < -0.4 is 5.32 Å². The summed E-state index contributed by atoms with van der Waals surface area (Å²) in [7, 11) is 1.77. The van der Waals surface area contributed by atoms with E-state index < -0.39 is 0 Å². The fourth-order valence-corrected chi connectivity index (χ4v) is 4.41. The number of benzene rings is 1. The Kier molecular flexibility index (Phi) is 8.52. The Balaban J connectivity index is 0.00000289. The summed E-state index contributed by atoms with van der Waals surface area (Å²) in [6.07, 6.45) is 3.16. The first kappa shape index (κ1) is 24.5. The van der Waals surface area contributed by atoms with Crippen LogP contribution in [0.25, 0.3) is 0 Å². The van der Waals surface area contributed by atoms with Gasteiger partial charge in [-0.15, -0.1) is 24.0 Å². The molecule has 3 heterocycles. The summed E-state index contributed by atoms with van der Waals surface area (Å²) in [5.74, 6) is 0.866. The third-order valence-electron chi connectivity index (χ3n) is 6.28. The van der Waals surface area contributed by atoms with Gasteiger partial charge in [0.15, 0.2) is 11.7 Å². The second-order valence-corrected chi connectivity index (χ2v) is 8.06. The molecule has 0 saturated carbocycles. The van der Waals surface area contributed by atoms with Crippen molar-refractivity contribution >= 4 is 35.8 Å². The number of carbonyl (C=O) groups excluding carboxylic acids is 1. The second kappa shape index (κ2) is 11.1. The normalized spacial score (nSPS) is 18.8. The van der Waals surface area contributed by atoms with E-state index in [4.69, 9.17) is 9.15 Å². The van der Waals surface area contributed by atoms with Crippen LogP contribution in [-0.4, -0.2) is 74.7 Å². The van der Waals surface area contributed by atoms with Crippen molar-refractivity contribution in [2.45, 2.75) is 18.3 Å². The number of furan rings is 1. The number of carbonyl (C=O) groups is 1. The number of ether oxygens (including phenoxy) is 1. The van der Waals surface area contributed by atoms with E-state index in [-0.39, 0.29) is 41.1 Å². The summed E-state index contributed by atoms with van der Waals surface area (Å²) in [5.41, 5.74) is 0.792. The van der Waals surface area contributed by atoms with Crippen molar-refractivity contribution < 1.29 is 18.3 Å². The number of halogens is 2. The van der Waals surface area contributed by atoms with Gasteiger partial charge in [-0.3, -0.25) is 9.79 Å². The van der Waals surface area contributed by atoms with Crippen LogP contribution in [0, 0.1) is 5.82 Å². The first-order valence-corrected chi connectivity index (χ1v) is 10.7. The SMILES string of the molecule is CN=C(NCC1(c2cccc(F)c2)CCOCC1)N1CCN(C(=O)c2ccco2)CC1.I. The molecule has 9 heteroatoms. The minimum absolute atomic E-state index is 0. The molecule has 32 heavy (non-hydrogen) atoms. The molecule has 2 fully saturated rings. The zero-order valence-electron chi connectivity index (χ0n) is 18.3. The van der Waals surface area contributed by atoms with Crippen molar-refractivity contribution in [1.29, 1.82) is 0 Å². The number of rotatable bonds is 4. The summed E-state index contributed by atoms with van der Waals surface area (Å²) in [6, 6.07) is 10.3. The van der Waals surface area contributed by atoms with E-state index in [1.165, 1.54) is 12.3 Å². The van der Waals surface area contributed by atoms with Gasteiger partial charge < -0.3 is 24.3 Å². The molecule has 2 saturated heterocycles. The molecule has 0 unspecified atom stereocenters. The molecule has 0 radical (unpaired) electrons. The predicted octanol–water partition coefficient (Wildman–Crippen LogP) is 3.12. The molecule has 1 amide bonds. The maximum atomic E-state index is 13.9. The molecule has 2 aromatic rings. The standard InChI is InChI=1S/C23H29FN4O3.HI/c1-25-22(28-11-9-27(10-12-28)21(29)20-6-3-13-31-20)26-17-23(7-14-30-15-8-23)18-4-2-5-19(24)16-18;/h2-6,13,16H,7-12,14-15,17H2,1H3,(H,25,26);1H. The lowest BCUT2D eigenvalue weighted by molar-refractivity contribution is 0.0508. The van der Waals surface area contributed by atoms with Crippen LogP contribution in [0.4, 0.5) is 4.39 Å². The molecule has 2 aliphatic heterocycles. The zero-order chi connectivity index (χ0) is 21.7. The minimum Gasteiger partial charge on any atom is -0.459 e. The number of hydrogen-bond donors (Lipinski definition) is 1. The van der Waals surface area contributed by atoms with E-state index in [1.54, 1.807) is 36.2 Å². The minimum atomic E-state index is -0.218. The van der Waals surface area contributed by atoms with Gasteiger partial charge in [-0.1, -0.05) is 12.1 Å². The average Bonchev–Trinajstić information content (AvgIpc) is 3.35. The number of aliphatic imine (C=N–C) groups is 1. The highest BCUT2D eigenvalue weighted by Gasteiger charge is 2.35. The first-order valence-electron chi connectivity index (χ1n) is 10.7. The summed E-state index contributed by atoms with van der Waals surface area (Å²) in [4.78, 5) is 20.9. The Morgan fingerprint density at radius 1 is 1.12 bits per heavy atom. The molecular formula is C23H30FIN4O3. The second-order valence-electron chi connectivity index (χ2n) is 8.06. The fourth-order valence-electron chi connectivity index (χ4n) is 4.41. The lowest BCUT2D eigenvalue weighted by Gasteiger charge is -2.40. The third kappa shape index (κ3) is 5.43. The molecule has 0 bridgehead atoms. The van der Waals surface area contributed by atoms with Gasteiger partial charge in [-0.05, 0) is 42.7 Å². The summed E-state index contributed by atoms with van der Waals surface area (Å²) < 4.78 is 24.7. The van der Waals surface area contributed by atoms with Gasteiger partial charge in [-0.2, -0.15) is 0 Å².